The van der Waals surface area contributed by atoms with E-state index in [9.17, 15) is 4.11 Å². The predicted molar refractivity (Wildman–Crippen MR) is 200 cm³/mol. The largest absolute Gasteiger partial charge is 0.254 e. The molecule has 0 radical (unpaired) electrons. The number of rotatable bonds is 5. The second kappa shape index (κ2) is 11.5. The van der Waals surface area contributed by atoms with E-state index >= 15 is 0 Å². The first-order chi connectivity index (χ1) is 32.5. The minimum atomic E-state index is -0.805. The van der Waals surface area contributed by atoms with Crippen LogP contribution < -0.4 is 0 Å². The SMILES string of the molecule is [2H]c1nc2c(c([2H])c1[2H])c([2H])c([2H])c1c([2H])c([2H])c(-c3ccc(-c4c(-c5c([2H])c([2H])c([2H])c([2H])c5[2H])sc(-c5c([2H])c([2H])c([2H])c([2H])c5[2H])c4-c4c([2H])c([2H])c([2H])c([2H])c4[2H])c4ccccc34)nc12. The molecule has 9 aromatic rings. The lowest BCUT2D eigenvalue weighted by Gasteiger charge is -2.16. The van der Waals surface area contributed by atoms with E-state index < -0.39 is 150 Å². The highest BCUT2D eigenvalue weighted by atomic mass is 32.1. The fourth-order valence-corrected chi connectivity index (χ4v) is 6.78. The number of benzene rings is 6. The van der Waals surface area contributed by atoms with Gasteiger partial charge in [-0.25, -0.2) is 4.98 Å². The first-order valence-corrected chi connectivity index (χ1v) is 14.9. The quantitative estimate of drug-likeness (QED) is 0.175. The first kappa shape index (κ1) is 13.1. The van der Waals surface area contributed by atoms with Crippen LogP contribution in [0.15, 0.2) is 169 Å². The molecule has 0 aliphatic carbocycles. The summed E-state index contributed by atoms with van der Waals surface area (Å²) in [4.78, 5) is 8.40. The summed E-state index contributed by atoms with van der Waals surface area (Å²) in [6.45, 7) is 0. The van der Waals surface area contributed by atoms with Gasteiger partial charge in [-0.15, -0.1) is 11.3 Å². The summed E-state index contributed by atoms with van der Waals surface area (Å²) >= 11 is 0.617. The number of hydrogen-bond acceptors (Lipinski definition) is 3. The maximum absolute atomic E-state index is 9.22. The van der Waals surface area contributed by atoms with Gasteiger partial charge in [-0.2, -0.15) is 0 Å². The van der Waals surface area contributed by atoms with Gasteiger partial charge in [0.2, 0.25) is 0 Å². The van der Waals surface area contributed by atoms with Gasteiger partial charge < -0.3 is 0 Å². The average molecular weight is 639 g/mol. The Balaban J connectivity index is 1.50. The third kappa shape index (κ3) is 4.72. The molecule has 0 saturated carbocycles. The third-order valence-electron chi connectivity index (χ3n) is 7.51. The van der Waals surface area contributed by atoms with Gasteiger partial charge in [-0.3, -0.25) is 4.98 Å². The number of thiophene rings is 1. The molecule has 0 aliphatic heterocycles. The highest BCUT2D eigenvalue weighted by Gasteiger charge is 2.25. The molecule has 220 valence electrons. The zero-order valence-electron chi connectivity index (χ0n) is 45.8. The molecule has 47 heavy (non-hydrogen) atoms. The van der Waals surface area contributed by atoms with Crippen molar-refractivity contribution < 1.29 is 30.2 Å². The number of hydrogen-bond donors (Lipinski definition) is 0. The van der Waals surface area contributed by atoms with Gasteiger partial charge in [0, 0.05) is 43.4 Å². The summed E-state index contributed by atoms with van der Waals surface area (Å²) in [5, 5.41) is -0.0318. The Bertz CT molecular complexity index is 3740. The molecule has 0 aliphatic rings. The van der Waals surface area contributed by atoms with E-state index in [1.165, 1.54) is 12.1 Å². The zero-order valence-corrected chi connectivity index (χ0v) is 24.6. The van der Waals surface area contributed by atoms with Gasteiger partial charge in [0.1, 0.15) is 0 Å². The molecule has 0 amide bonds. The molecule has 9 rings (SSSR count). The van der Waals surface area contributed by atoms with Gasteiger partial charge in [0.25, 0.3) is 0 Å². The van der Waals surface area contributed by atoms with Crippen molar-refractivity contribution >= 4 is 43.9 Å². The van der Waals surface area contributed by atoms with Crippen LogP contribution in [0.25, 0.3) is 87.0 Å². The molecule has 0 atom stereocenters. The first-order valence-electron chi connectivity index (χ1n) is 25.0. The van der Waals surface area contributed by atoms with Gasteiger partial charge in [0.05, 0.1) is 46.9 Å². The Morgan fingerprint density at radius 1 is 0.468 bits per heavy atom. The van der Waals surface area contributed by atoms with Crippen LogP contribution in [0.1, 0.15) is 30.2 Å². The summed E-state index contributed by atoms with van der Waals surface area (Å²) in [7, 11) is 0. The van der Waals surface area contributed by atoms with Crippen molar-refractivity contribution in [2.24, 2.45) is 0 Å². The minimum Gasteiger partial charge on any atom is -0.254 e. The molecule has 6 aromatic carbocycles. The van der Waals surface area contributed by atoms with Crippen LogP contribution in [0.4, 0.5) is 0 Å². The van der Waals surface area contributed by atoms with E-state index in [0.717, 1.165) is 0 Å². The Morgan fingerprint density at radius 2 is 1.02 bits per heavy atom. The minimum absolute atomic E-state index is 0.103. The molecule has 3 aromatic heterocycles. The van der Waals surface area contributed by atoms with Crippen LogP contribution in [0, 0.1) is 0 Å². The van der Waals surface area contributed by atoms with E-state index in [1.807, 2.05) is 0 Å². The monoisotopic (exact) mass is 638 g/mol. The van der Waals surface area contributed by atoms with Gasteiger partial charge in [-0.1, -0.05) is 151 Å². The highest BCUT2D eigenvalue weighted by Crippen LogP contribution is 2.53. The van der Waals surface area contributed by atoms with Crippen molar-refractivity contribution in [1.82, 2.24) is 9.97 Å². The Morgan fingerprint density at radius 3 is 1.70 bits per heavy atom. The summed E-state index contributed by atoms with van der Waals surface area (Å²) in [6.07, 6.45) is -0.630. The van der Waals surface area contributed by atoms with Crippen molar-refractivity contribution in [2.75, 3.05) is 0 Å². The van der Waals surface area contributed by atoms with Crippen LogP contribution in [-0.2, 0) is 0 Å². The van der Waals surface area contributed by atoms with Crippen LogP contribution in [0.5, 0.6) is 0 Å². The molecule has 0 N–H and O–H groups in total. The number of aromatic nitrogens is 2. The van der Waals surface area contributed by atoms with E-state index in [2.05, 4.69) is 4.98 Å². The lowest BCUT2D eigenvalue weighted by molar-refractivity contribution is 1.37. The molecule has 3 heteroatoms. The zero-order chi connectivity index (χ0) is 50.3. The number of pyridine rings is 2. The second-order valence-electron chi connectivity index (χ2n) is 10.1. The van der Waals surface area contributed by atoms with Crippen molar-refractivity contribution in [3.63, 3.8) is 0 Å². The van der Waals surface area contributed by atoms with E-state index in [0.29, 0.717) is 11.3 Å². The van der Waals surface area contributed by atoms with Gasteiger partial charge >= 0.3 is 0 Å². The summed E-state index contributed by atoms with van der Waals surface area (Å²) < 4.78 is 193. The van der Waals surface area contributed by atoms with Gasteiger partial charge in [-0.05, 0) is 45.1 Å². The summed E-state index contributed by atoms with van der Waals surface area (Å²) in [5.74, 6) is 0. The van der Waals surface area contributed by atoms with Crippen LogP contribution >= 0.6 is 11.3 Å². The molecule has 0 saturated heterocycles. The lowest BCUT2D eigenvalue weighted by atomic mass is 9.87. The molecule has 2 nitrogen and oxygen atoms in total. The van der Waals surface area contributed by atoms with Crippen molar-refractivity contribution in [2.45, 2.75) is 0 Å². The number of fused-ring (bicyclic) bond motifs is 4. The van der Waals surface area contributed by atoms with Crippen LogP contribution in [0.3, 0.4) is 0 Å². The van der Waals surface area contributed by atoms with Gasteiger partial charge in [0.15, 0.2) is 0 Å². The summed E-state index contributed by atoms with van der Waals surface area (Å²) in [5.41, 5.74) is -2.19. The molecule has 0 bridgehead atoms. The molecule has 3 heterocycles. The molecule has 0 fully saturated rings. The molecular formula is C44H28N2S. The predicted octanol–water partition coefficient (Wildman–Crippen LogP) is 12.3. The van der Waals surface area contributed by atoms with Crippen molar-refractivity contribution in [1.29, 1.82) is 0 Å². The fraction of sp³-hybridized carbons (Fsp3) is 0. The number of nitrogens with zero attached hydrogens (tertiary/aromatic N) is 2. The van der Waals surface area contributed by atoms with E-state index in [1.54, 1.807) is 24.3 Å². The van der Waals surface area contributed by atoms with E-state index in [4.69, 9.17) is 31.0 Å². The summed E-state index contributed by atoms with van der Waals surface area (Å²) in [6, 6.07) is -5.56. The standard InChI is InChI=1S/C44H28N2S/c1-4-13-29(14-5-1)39-40(44(33-17-8-3-9-18-33)47-43(39)32-15-6-2-7-16-32)37-26-25-36(34-20-10-11-21-35(34)37)38-27-24-31-23-22-30-19-12-28-45-41(30)42(31)46-38/h1-28H/i1D,2D,3D,4D,5D,6D,7D,8D,9D,12D,13D,14D,15D,16D,17D,18D,19D,22D,23D,24D,27D,28D. The second-order valence-corrected chi connectivity index (χ2v) is 11.1. The van der Waals surface area contributed by atoms with Crippen LogP contribution in [0.2, 0.25) is 0 Å². The van der Waals surface area contributed by atoms with E-state index in [-0.39, 0.29) is 70.3 Å². The maximum atomic E-state index is 9.22. The Kier molecular flexibility index (Phi) is 3.19. The van der Waals surface area contributed by atoms with Crippen molar-refractivity contribution in [3.05, 3.63) is 169 Å². The highest BCUT2D eigenvalue weighted by molar-refractivity contribution is 7.20. The average Bonchev–Trinajstić information content (AvgIpc) is 3.69. The maximum Gasteiger partial charge on any atom is 0.0972 e. The Hall–Kier alpha value is -5.90. The lowest BCUT2D eigenvalue weighted by Crippen LogP contribution is -1.92. The molecular weight excluding hydrogens is 589 g/mol. The fourth-order valence-electron chi connectivity index (χ4n) is 5.55. The smallest absolute Gasteiger partial charge is 0.0972 e. The third-order valence-corrected chi connectivity index (χ3v) is 8.74. The van der Waals surface area contributed by atoms with Crippen LogP contribution in [-0.4, -0.2) is 9.97 Å². The topological polar surface area (TPSA) is 25.8 Å². The normalized spacial score (nSPS) is 18.0. The molecule has 0 unspecified atom stereocenters. The molecule has 0 spiro atoms. The van der Waals surface area contributed by atoms with Crippen molar-refractivity contribution in [3.8, 4) is 54.4 Å². The Labute approximate surface area is 308 Å².